The molecule has 1 amide bonds. The zero-order valence-electron chi connectivity index (χ0n) is 14.8. The van der Waals surface area contributed by atoms with Crippen molar-refractivity contribution in [2.24, 2.45) is 0 Å². The van der Waals surface area contributed by atoms with Crippen molar-refractivity contribution < 1.29 is 14.3 Å². The van der Waals surface area contributed by atoms with Crippen LogP contribution in [0.3, 0.4) is 0 Å². The molecule has 8 heteroatoms. The number of thiazole rings is 1. The van der Waals surface area contributed by atoms with Crippen LogP contribution in [0.2, 0.25) is 0 Å². The SMILES string of the molecule is COc1cccc(OCc2cc(C(=O)N(C)C(C)c3nccs3)n[nH]2)c1. The van der Waals surface area contributed by atoms with E-state index < -0.39 is 0 Å². The largest absolute Gasteiger partial charge is 0.497 e. The average Bonchev–Trinajstić information content (AvgIpc) is 3.36. The Morgan fingerprint density at radius 2 is 2.15 bits per heavy atom. The molecule has 0 saturated carbocycles. The van der Waals surface area contributed by atoms with Gasteiger partial charge in [0.15, 0.2) is 5.69 Å². The van der Waals surface area contributed by atoms with Gasteiger partial charge < -0.3 is 14.4 Å². The fraction of sp³-hybridized carbons (Fsp3) is 0.278. The highest BCUT2D eigenvalue weighted by Gasteiger charge is 2.22. The highest BCUT2D eigenvalue weighted by Crippen LogP contribution is 2.23. The van der Waals surface area contributed by atoms with Gasteiger partial charge in [-0.05, 0) is 25.1 Å². The first kappa shape index (κ1) is 17.9. The van der Waals surface area contributed by atoms with E-state index in [9.17, 15) is 4.79 Å². The quantitative estimate of drug-likeness (QED) is 0.688. The van der Waals surface area contributed by atoms with Gasteiger partial charge in [0.25, 0.3) is 5.91 Å². The summed E-state index contributed by atoms with van der Waals surface area (Å²) in [5.74, 6) is 1.23. The molecule has 0 aliphatic carbocycles. The van der Waals surface area contributed by atoms with E-state index in [1.807, 2.05) is 30.5 Å². The van der Waals surface area contributed by atoms with Crippen molar-refractivity contribution in [2.75, 3.05) is 14.2 Å². The molecule has 26 heavy (non-hydrogen) atoms. The number of rotatable bonds is 7. The second-order valence-electron chi connectivity index (χ2n) is 5.71. The number of hydrogen-bond acceptors (Lipinski definition) is 6. The summed E-state index contributed by atoms with van der Waals surface area (Å²) in [5, 5.41) is 9.74. The number of carbonyl (C=O) groups is 1. The summed E-state index contributed by atoms with van der Waals surface area (Å²) >= 11 is 1.52. The van der Waals surface area contributed by atoms with E-state index in [2.05, 4.69) is 15.2 Å². The van der Waals surface area contributed by atoms with Crippen LogP contribution in [0.25, 0.3) is 0 Å². The van der Waals surface area contributed by atoms with Crippen LogP contribution in [0.1, 0.15) is 34.2 Å². The smallest absolute Gasteiger partial charge is 0.274 e. The Morgan fingerprint density at radius 1 is 1.35 bits per heavy atom. The van der Waals surface area contributed by atoms with Crippen molar-refractivity contribution in [2.45, 2.75) is 19.6 Å². The predicted molar refractivity (Wildman–Crippen MR) is 98.5 cm³/mol. The van der Waals surface area contributed by atoms with Crippen molar-refractivity contribution in [3.05, 3.63) is 58.3 Å². The molecule has 136 valence electrons. The van der Waals surface area contributed by atoms with Gasteiger partial charge in [0.2, 0.25) is 0 Å². The van der Waals surface area contributed by atoms with Crippen LogP contribution in [0, 0.1) is 0 Å². The van der Waals surface area contributed by atoms with Crippen LogP contribution in [-0.2, 0) is 6.61 Å². The lowest BCUT2D eigenvalue weighted by Crippen LogP contribution is -2.29. The molecule has 0 radical (unpaired) electrons. The molecule has 7 nitrogen and oxygen atoms in total. The minimum absolute atomic E-state index is 0.115. The number of ether oxygens (including phenoxy) is 2. The van der Waals surface area contributed by atoms with Gasteiger partial charge in [-0.3, -0.25) is 9.89 Å². The molecule has 1 N–H and O–H groups in total. The lowest BCUT2D eigenvalue weighted by Gasteiger charge is -2.22. The normalized spacial score (nSPS) is 11.8. The molecule has 0 bridgehead atoms. The van der Waals surface area contributed by atoms with Crippen molar-refractivity contribution in [3.8, 4) is 11.5 Å². The number of nitrogens with one attached hydrogen (secondary N) is 1. The molecule has 0 aliphatic rings. The number of nitrogens with zero attached hydrogens (tertiary/aromatic N) is 3. The predicted octanol–water partition coefficient (Wildman–Crippen LogP) is 3.29. The average molecular weight is 372 g/mol. The Labute approximate surface area is 155 Å². The van der Waals surface area contributed by atoms with E-state index >= 15 is 0 Å². The number of amides is 1. The fourth-order valence-corrected chi connectivity index (χ4v) is 3.10. The van der Waals surface area contributed by atoms with Gasteiger partial charge in [-0.25, -0.2) is 4.98 Å². The summed E-state index contributed by atoms with van der Waals surface area (Å²) in [6.07, 6.45) is 1.73. The Hall–Kier alpha value is -2.87. The fourth-order valence-electron chi connectivity index (χ4n) is 2.36. The first-order valence-corrected chi connectivity index (χ1v) is 8.94. The van der Waals surface area contributed by atoms with E-state index in [-0.39, 0.29) is 18.6 Å². The Kier molecular flexibility index (Phi) is 5.52. The first-order valence-electron chi connectivity index (χ1n) is 8.06. The van der Waals surface area contributed by atoms with Gasteiger partial charge in [0.1, 0.15) is 23.1 Å². The standard InChI is InChI=1S/C18H20N4O3S/c1-12(17-19-7-8-26-17)22(2)18(23)16-9-13(20-21-16)11-25-15-6-4-5-14(10-15)24-3/h4-10,12H,11H2,1-3H3,(H,20,21). The molecular formula is C18H20N4O3S. The molecular weight excluding hydrogens is 352 g/mol. The molecule has 0 fully saturated rings. The van der Waals surface area contributed by atoms with Gasteiger partial charge in [-0.2, -0.15) is 5.10 Å². The minimum Gasteiger partial charge on any atom is -0.497 e. The molecule has 2 aromatic heterocycles. The van der Waals surface area contributed by atoms with Gasteiger partial charge in [-0.15, -0.1) is 11.3 Å². The maximum Gasteiger partial charge on any atom is 0.274 e. The van der Waals surface area contributed by atoms with Crippen LogP contribution in [-0.4, -0.2) is 40.1 Å². The van der Waals surface area contributed by atoms with Gasteiger partial charge in [0.05, 0.1) is 18.8 Å². The van der Waals surface area contributed by atoms with Gasteiger partial charge >= 0.3 is 0 Å². The summed E-state index contributed by atoms with van der Waals surface area (Å²) in [5.41, 5.74) is 1.06. The third-order valence-corrected chi connectivity index (χ3v) is 4.94. The third kappa shape index (κ3) is 4.02. The molecule has 2 heterocycles. The molecule has 1 unspecified atom stereocenters. The Bertz CT molecular complexity index is 863. The number of benzene rings is 1. The number of hydrogen-bond donors (Lipinski definition) is 1. The monoisotopic (exact) mass is 372 g/mol. The first-order chi connectivity index (χ1) is 12.6. The summed E-state index contributed by atoms with van der Waals surface area (Å²) in [7, 11) is 3.35. The van der Waals surface area contributed by atoms with E-state index in [1.54, 1.807) is 37.4 Å². The second kappa shape index (κ2) is 8.01. The molecule has 3 aromatic rings. The Balaban J connectivity index is 1.62. The molecule has 0 saturated heterocycles. The van der Waals surface area contributed by atoms with Crippen LogP contribution < -0.4 is 9.47 Å². The zero-order valence-corrected chi connectivity index (χ0v) is 15.6. The van der Waals surface area contributed by atoms with E-state index in [0.717, 1.165) is 10.8 Å². The van der Waals surface area contributed by atoms with Crippen LogP contribution in [0.4, 0.5) is 0 Å². The van der Waals surface area contributed by atoms with Gasteiger partial charge in [-0.1, -0.05) is 6.07 Å². The highest BCUT2D eigenvalue weighted by molar-refractivity contribution is 7.09. The number of H-pyrrole nitrogens is 1. The van der Waals surface area contributed by atoms with Crippen molar-refractivity contribution in [3.63, 3.8) is 0 Å². The van der Waals surface area contributed by atoms with E-state index in [4.69, 9.17) is 9.47 Å². The van der Waals surface area contributed by atoms with Crippen LogP contribution in [0.5, 0.6) is 11.5 Å². The van der Waals surface area contributed by atoms with Gasteiger partial charge in [0, 0.05) is 24.7 Å². The second-order valence-corrected chi connectivity index (χ2v) is 6.63. The molecule has 0 spiro atoms. The topological polar surface area (TPSA) is 80.3 Å². The number of aromatic amines is 1. The summed E-state index contributed by atoms with van der Waals surface area (Å²) in [6, 6.07) is 8.92. The number of carbonyl (C=O) groups excluding carboxylic acids is 1. The maximum absolute atomic E-state index is 12.6. The maximum atomic E-state index is 12.6. The summed E-state index contributed by atoms with van der Waals surface area (Å²) in [4.78, 5) is 18.5. The number of aromatic nitrogens is 3. The molecule has 1 aromatic carbocycles. The highest BCUT2D eigenvalue weighted by atomic mass is 32.1. The third-order valence-electron chi connectivity index (χ3n) is 4.00. The van der Waals surface area contributed by atoms with Crippen molar-refractivity contribution in [1.29, 1.82) is 0 Å². The minimum atomic E-state index is -0.170. The molecule has 0 aliphatic heterocycles. The zero-order chi connectivity index (χ0) is 18.5. The molecule has 1 atom stereocenters. The van der Waals surface area contributed by atoms with Crippen LogP contribution in [0.15, 0.2) is 41.9 Å². The Morgan fingerprint density at radius 3 is 2.88 bits per heavy atom. The van der Waals surface area contributed by atoms with Crippen molar-refractivity contribution in [1.82, 2.24) is 20.1 Å². The summed E-state index contributed by atoms with van der Waals surface area (Å²) < 4.78 is 10.9. The van der Waals surface area contributed by atoms with E-state index in [0.29, 0.717) is 17.1 Å². The number of methoxy groups -OCH3 is 1. The summed E-state index contributed by atoms with van der Waals surface area (Å²) in [6.45, 7) is 2.22. The lowest BCUT2D eigenvalue weighted by molar-refractivity contribution is 0.0736. The lowest BCUT2D eigenvalue weighted by atomic mass is 10.2. The van der Waals surface area contributed by atoms with Crippen molar-refractivity contribution >= 4 is 17.2 Å². The van der Waals surface area contributed by atoms with Crippen LogP contribution >= 0.6 is 11.3 Å². The molecule has 3 rings (SSSR count). The van der Waals surface area contributed by atoms with E-state index in [1.165, 1.54) is 11.3 Å².